The first-order chi connectivity index (χ1) is 6.66. The highest BCUT2D eigenvalue weighted by Crippen LogP contribution is 2.34. The molecule has 0 heteroatoms. The first kappa shape index (κ1) is 11.6. The lowest BCUT2D eigenvalue weighted by Crippen LogP contribution is -1.99. The molecule has 0 aromatic heterocycles. The highest BCUT2D eigenvalue weighted by Gasteiger charge is 2.16. The lowest BCUT2D eigenvalue weighted by atomic mass is 9.91. The summed E-state index contributed by atoms with van der Waals surface area (Å²) in [5, 5.41) is 0. The molecule has 1 atom stereocenters. The molecule has 1 aliphatic carbocycles. The maximum Gasteiger partial charge on any atom is -0.0229 e. The second-order valence-corrected chi connectivity index (χ2v) is 4.66. The molecular formula is C14H24. The van der Waals surface area contributed by atoms with E-state index in [1.807, 2.05) is 0 Å². The van der Waals surface area contributed by atoms with Gasteiger partial charge in [0, 0.05) is 0 Å². The van der Waals surface area contributed by atoms with E-state index >= 15 is 0 Å². The normalized spacial score (nSPS) is 22.6. The Bertz CT molecular complexity index is 232. The number of hydrogen-bond donors (Lipinski definition) is 0. The zero-order valence-corrected chi connectivity index (χ0v) is 10.0. The van der Waals surface area contributed by atoms with Crippen LogP contribution >= 0.6 is 0 Å². The van der Waals surface area contributed by atoms with Gasteiger partial charge in [-0.2, -0.15) is 0 Å². The number of allylic oxidation sites excluding steroid dienone is 3. The SMILES string of the molecule is C=C1CCC/C1=C(\C)C(C)CCCC. The first-order valence-corrected chi connectivity index (χ1v) is 6.04. The van der Waals surface area contributed by atoms with Gasteiger partial charge in [-0.15, -0.1) is 0 Å². The van der Waals surface area contributed by atoms with Gasteiger partial charge in [-0.05, 0) is 44.1 Å². The summed E-state index contributed by atoms with van der Waals surface area (Å²) in [6.07, 6.45) is 7.85. The molecule has 0 aromatic rings. The Balaban J connectivity index is 2.61. The summed E-state index contributed by atoms with van der Waals surface area (Å²) in [6, 6.07) is 0. The standard InChI is InChI=1S/C14H24/c1-5-6-8-11(2)13(4)14-10-7-9-12(14)3/h11H,3,5-10H2,1-2,4H3/b14-13-. The third-order valence-electron chi connectivity index (χ3n) is 3.54. The van der Waals surface area contributed by atoms with Crippen LogP contribution in [-0.4, -0.2) is 0 Å². The lowest BCUT2D eigenvalue weighted by molar-refractivity contribution is 0.567. The van der Waals surface area contributed by atoms with Crippen molar-refractivity contribution in [2.75, 3.05) is 0 Å². The highest BCUT2D eigenvalue weighted by molar-refractivity contribution is 5.36. The van der Waals surface area contributed by atoms with Crippen LogP contribution in [0.5, 0.6) is 0 Å². The van der Waals surface area contributed by atoms with Crippen molar-refractivity contribution in [3.8, 4) is 0 Å². The molecule has 0 aliphatic heterocycles. The van der Waals surface area contributed by atoms with E-state index in [0.29, 0.717) is 0 Å². The molecule has 1 fully saturated rings. The van der Waals surface area contributed by atoms with Crippen molar-refractivity contribution in [1.29, 1.82) is 0 Å². The van der Waals surface area contributed by atoms with Crippen molar-refractivity contribution < 1.29 is 0 Å². The van der Waals surface area contributed by atoms with Gasteiger partial charge in [-0.3, -0.25) is 0 Å². The predicted octanol–water partition coefficient (Wildman–Crippen LogP) is 4.87. The van der Waals surface area contributed by atoms with Gasteiger partial charge < -0.3 is 0 Å². The average molecular weight is 192 g/mol. The summed E-state index contributed by atoms with van der Waals surface area (Å²) in [6.45, 7) is 11.1. The van der Waals surface area contributed by atoms with E-state index < -0.39 is 0 Å². The van der Waals surface area contributed by atoms with Crippen molar-refractivity contribution in [1.82, 2.24) is 0 Å². The van der Waals surface area contributed by atoms with Gasteiger partial charge in [0.05, 0.1) is 0 Å². The third-order valence-corrected chi connectivity index (χ3v) is 3.54. The van der Waals surface area contributed by atoms with Crippen molar-refractivity contribution in [3.63, 3.8) is 0 Å². The molecule has 1 saturated carbocycles. The smallest absolute Gasteiger partial charge is 0.0229 e. The van der Waals surface area contributed by atoms with Gasteiger partial charge in [0.15, 0.2) is 0 Å². The van der Waals surface area contributed by atoms with Crippen molar-refractivity contribution in [3.05, 3.63) is 23.3 Å². The quantitative estimate of drug-likeness (QED) is 0.596. The van der Waals surface area contributed by atoms with Gasteiger partial charge in [0.25, 0.3) is 0 Å². The fourth-order valence-corrected chi connectivity index (χ4v) is 2.31. The van der Waals surface area contributed by atoms with Crippen LogP contribution in [0.2, 0.25) is 0 Å². The summed E-state index contributed by atoms with van der Waals surface area (Å²) in [5.41, 5.74) is 4.61. The van der Waals surface area contributed by atoms with Crippen LogP contribution < -0.4 is 0 Å². The Morgan fingerprint density at radius 2 is 2.14 bits per heavy atom. The second-order valence-electron chi connectivity index (χ2n) is 4.66. The van der Waals surface area contributed by atoms with Crippen LogP contribution in [0.1, 0.15) is 59.3 Å². The van der Waals surface area contributed by atoms with Crippen molar-refractivity contribution >= 4 is 0 Å². The van der Waals surface area contributed by atoms with E-state index in [1.165, 1.54) is 44.1 Å². The van der Waals surface area contributed by atoms with E-state index in [1.54, 1.807) is 11.1 Å². The molecule has 80 valence electrons. The van der Waals surface area contributed by atoms with Crippen LogP contribution in [0.4, 0.5) is 0 Å². The van der Waals surface area contributed by atoms with Gasteiger partial charge in [0.1, 0.15) is 0 Å². The van der Waals surface area contributed by atoms with E-state index in [-0.39, 0.29) is 0 Å². The Morgan fingerprint density at radius 3 is 2.64 bits per heavy atom. The fraction of sp³-hybridized carbons (Fsp3) is 0.714. The molecule has 0 amide bonds. The lowest BCUT2D eigenvalue weighted by Gasteiger charge is -2.15. The Morgan fingerprint density at radius 1 is 1.43 bits per heavy atom. The molecule has 0 aromatic carbocycles. The minimum Gasteiger partial charge on any atom is -0.0956 e. The second kappa shape index (κ2) is 5.38. The average Bonchev–Trinajstić information content (AvgIpc) is 2.59. The largest absolute Gasteiger partial charge is 0.0956 e. The Hall–Kier alpha value is -0.520. The van der Waals surface area contributed by atoms with Gasteiger partial charge in [0.2, 0.25) is 0 Å². The summed E-state index contributed by atoms with van der Waals surface area (Å²) in [7, 11) is 0. The maximum atomic E-state index is 4.16. The molecule has 0 N–H and O–H groups in total. The van der Waals surface area contributed by atoms with Crippen LogP contribution in [0.15, 0.2) is 23.3 Å². The predicted molar refractivity (Wildman–Crippen MR) is 64.4 cm³/mol. The van der Waals surface area contributed by atoms with Crippen LogP contribution in [0, 0.1) is 5.92 Å². The Kier molecular flexibility index (Phi) is 4.44. The molecule has 0 spiro atoms. The van der Waals surface area contributed by atoms with E-state index in [9.17, 15) is 0 Å². The van der Waals surface area contributed by atoms with Crippen LogP contribution in [0.3, 0.4) is 0 Å². The Labute approximate surface area is 89.1 Å². The van der Waals surface area contributed by atoms with Crippen LogP contribution in [0.25, 0.3) is 0 Å². The van der Waals surface area contributed by atoms with Gasteiger partial charge in [-0.25, -0.2) is 0 Å². The molecule has 14 heavy (non-hydrogen) atoms. The molecular weight excluding hydrogens is 168 g/mol. The van der Waals surface area contributed by atoms with Gasteiger partial charge >= 0.3 is 0 Å². The summed E-state index contributed by atoms with van der Waals surface area (Å²) >= 11 is 0. The van der Waals surface area contributed by atoms with E-state index in [0.717, 1.165) is 5.92 Å². The third kappa shape index (κ3) is 2.73. The molecule has 0 bridgehead atoms. The molecule has 0 heterocycles. The number of hydrogen-bond acceptors (Lipinski definition) is 0. The molecule has 1 unspecified atom stereocenters. The van der Waals surface area contributed by atoms with Crippen molar-refractivity contribution in [2.24, 2.45) is 5.92 Å². The molecule has 0 saturated heterocycles. The molecule has 0 nitrogen and oxygen atoms in total. The summed E-state index contributed by atoms with van der Waals surface area (Å²) < 4.78 is 0. The fourth-order valence-electron chi connectivity index (χ4n) is 2.31. The molecule has 1 aliphatic rings. The highest BCUT2D eigenvalue weighted by atomic mass is 14.2. The number of rotatable bonds is 4. The van der Waals surface area contributed by atoms with E-state index in [2.05, 4.69) is 27.4 Å². The topological polar surface area (TPSA) is 0 Å². The summed E-state index contributed by atoms with van der Waals surface area (Å²) in [5.74, 6) is 0.764. The maximum absolute atomic E-state index is 4.16. The summed E-state index contributed by atoms with van der Waals surface area (Å²) in [4.78, 5) is 0. The minimum absolute atomic E-state index is 0.764. The minimum atomic E-state index is 0.764. The zero-order chi connectivity index (χ0) is 10.6. The van der Waals surface area contributed by atoms with Crippen LogP contribution in [-0.2, 0) is 0 Å². The van der Waals surface area contributed by atoms with E-state index in [4.69, 9.17) is 0 Å². The van der Waals surface area contributed by atoms with Gasteiger partial charge in [-0.1, -0.05) is 44.4 Å². The molecule has 0 radical (unpaired) electrons. The number of unbranched alkanes of at least 4 members (excludes halogenated alkanes) is 1. The monoisotopic (exact) mass is 192 g/mol. The zero-order valence-electron chi connectivity index (χ0n) is 10.0. The molecule has 1 rings (SSSR count). The van der Waals surface area contributed by atoms with Crippen molar-refractivity contribution in [2.45, 2.75) is 59.3 Å². The first-order valence-electron chi connectivity index (χ1n) is 6.04.